The Bertz CT molecular complexity index is 317. The summed E-state index contributed by atoms with van der Waals surface area (Å²) in [5.74, 6) is -1.81. The Labute approximate surface area is 87.9 Å². The topological polar surface area (TPSA) is 32.3 Å². The van der Waals surface area contributed by atoms with Gasteiger partial charge < -0.3 is 10.4 Å². The molecule has 0 fully saturated rings. The lowest BCUT2D eigenvalue weighted by atomic mass is 10.1. The Kier molecular flexibility index (Phi) is 4.65. The van der Waals surface area contributed by atoms with E-state index < -0.39 is 17.7 Å². The SMILES string of the molecule is CCNCCC(O)c1ccc(F)c(F)c1. The standard InChI is InChI=1S/C11H15F2NO/c1-2-14-6-5-11(15)8-3-4-9(12)10(13)7-8/h3-4,7,11,14-15H,2,5-6H2,1H3. The molecule has 0 saturated carbocycles. The molecule has 0 radical (unpaired) electrons. The second-order valence-electron chi connectivity index (χ2n) is 3.33. The van der Waals surface area contributed by atoms with Crippen LogP contribution in [-0.2, 0) is 0 Å². The lowest BCUT2D eigenvalue weighted by molar-refractivity contribution is 0.166. The number of hydrogen-bond donors (Lipinski definition) is 2. The summed E-state index contributed by atoms with van der Waals surface area (Å²) in [5.41, 5.74) is 0.409. The number of rotatable bonds is 5. The minimum absolute atomic E-state index is 0.409. The van der Waals surface area contributed by atoms with Crippen LogP contribution in [-0.4, -0.2) is 18.2 Å². The number of hydrogen-bond acceptors (Lipinski definition) is 2. The molecule has 1 atom stereocenters. The molecule has 0 aliphatic rings. The van der Waals surface area contributed by atoms with Crippen LogP contribution in [0, 0.1) is 11.6 Å². The van der Waals surface area contributed by atoms with Crippen LogP contribution >= 0.6 is 0 Å². The number of halogens is 2. The summed E-state index contributed by atoms with van der Waals surface area (Å²) in [6.07, 6.45) is -0.266. The molecule has 1 rings (SSSR count). The van der Waals surface area contributed by atoms with Gasteiger partial charge in [0.15, 0.2) is 11.6 Å². The maximum atomic E-state index is 12.8. The van der Waals surface area contributed by atoms with Crippen LogP contribution in [0.1, 0.15) is 25.0 Å². The number of nitrogens with one attached hydrogen (secondary N) is 1. The Morgan fingerprint density at radius 3 is 2.67 bits per heavy atom. The van der Waals surface area contributed by atoms with Gasteiger partial charge in [-0.2, -0.15) is 0 Å². The van der Waals surface area contributed by atoms with Gasteiger partial charge in [0.25, 0.3) is 0 Å². The highest BCUT2D eigenvalue weighted by atomic mass is 19.2. The summed E-state index contributed by atoms with van der Waals surface area (Å²) in [4.78, 5) is 0. The molecule has 84 valence electrons. The lowest BCUT2D eigenvalue weighted by Crippen LogP contribution is -2.16. The summed E-state index contributed by atoms with van der Waals surface area (Å²) in [6.45, 7) is 3.44. The van der Waals surface area contributed by atoms with Crippen LogP contribution < -0.4 is 5.32 Å². The molecule has 4 heteroatoms. The minimum Gasteiger partial charge on any atom is -0.388 e. The van der Waals surface area contributed by atoms with Crippen LogP contribution in [0.15, 0.2) is 18.2 Å². The number of benzene rings is 1. The van der Waals surface area contributed by atoms with Crippen LogP contribution in [0.2, 0.25) is 0 Å². The Hall–Kier alpha value is -1.00. The maximum Gasteiger partial charge on any atom is 0.159 e. The summed E-state index contributed by atoms with van der Waals surface area (Å²) < 4.78 is 25.4. The Morgan fingerprint density at radius 1 is 1.33 bits per heavy atom. The molecule has 0 bridgehead atoms. The zero-order valence-electron chi connectivity index (χ0n) is 8.63. The smallest absolute Gasteiger partial charge is 0.159 e. The van der Waals surface area contributed by atoms with E-state index in [1.54, 1.807) is 0 Å². The molecule has 2 N–H and O–H groups in total. The van der Waals surface area contributed by atoms with Gasteiger partial charge in [-0.3, -0.25) is 0 Å². The highest BCUT2D eigenvalue weighted by molar-refractivity contribution is 5.19. The normalized spacial score (nSPS) is 12.8. The Morgan fingerprint density at radius 2 is 2.07 bits per heavy atom. The van der Waals surface area contributed by atoms with Gasteiger partial charge in [-0.25, -0.2) is 8.78 Å². The zero-order chi connectivity index (χ0) is 11.3. The molecule has 1 unspecified atom stereocenters. The first-order chi connectivity index (χ1) is 7.15. The molecule has 0 aliphatic carbocycles. The van der Waals surface area contributed by atoms with Gasteiger partial charge in [-0.05, 0) is 37.2 Å². The van der Waals surface area contributed by atoms with E-state index in [0.717, 1.165) is 18.7 Å². The second-order valence-corrected chi connectivity index (χ2v) is 3.33. The van der Waals surface area contributed by atoms with E-state index >= 15 is 0 Å². The summed E-state index contributed by atoms with van der Waals surface area (Å²) in [5, 5.41) is 12.7. The summed E-state index contributed by atoms with van der Waals surface area (Å²) in [6, 6.07) is 3.46. The van der Waals surface area contributed by atoms with Crippen molar-refractivity contribution in [3.05, 3.63) is 35.4 Å². The van der Waals surface area contributed by atoms with Gasteiger partial charge >= 0.3 is 0 Å². The average molecular weight is 215 g/mol. The van der Waals surface area contributed by atoms with E-state index in [4.69, 9.17) is 0 Å². The van der Waals surface area contributed by atoms with Gasteiger partial charge in [0.05, 0.1) is 6.10 Å². The zero-order valence-corrected chi connectivity index (χ0v) is 8.63. The van der Waals surface area contributed by atoms with E-state index in [0.29, 0.717) is 18.5 Å². The van der Waals surface area contributed by atoms with Crippen molar-refractivity contribution < 1.29 is 13.9 Å². The predicted molar refractivity (Wildman–Crippen MR) is 54.5 cm³/mol. The minimum atomic E-state index is -0.921. The monoisotopic (exact) mass is 215 g/mol. The summed E-state index contributed by atoms with van der Waals surface area (Å²) in [7, 11) is 0. The molecule has 0 saturated heterocycles. The molecule has 0 aliphatic heterocycles. The maximum absolute atomic E-state index is 12.8. The predicted octanol–water partition coefficient (Wildman–Crippen LogP) is 2.00. The Balaban J connectivity index is 2.57. The molecular formula is C11H15F2NO. The van der Waals surface area contributed by atoms with Gasteiger partial charge in [-0.15, -0.1) is 0 Å². The molecule has 0 amide bonds. The van der Waals surface area contributed by atoms with Crippen molar-refractivity contribution in [2.45, 2.75) is 19.4 Å². The van der Waals surface area contributed by atoms with E-state index in [9.17, 15) is 13.9 Å². The first kappa shape index (κ1) is 12.1. The molecular weight excluding hydrogens is 200 g/mol. The molecule has 2 nitrogen and oxygen atoms in total. The second kappa shape index (κ2) is 5.78. The largest absolute Gasteiger partial charge is 0.388 e. The fourth-order valence-corrected chi connectivity index (χ4v) is 1.30. The van der Waals surface area contributed by atoms with Crippen molar-refractivity contribution in [2.24, 2.45) is 0 Å². The third-order valence-electron chi connectivity index (χ3n) is 2.17. The van der Waals surface area contributed by atoms with E-state index in [1.807, 2.05) is 6.92 Å². The molecule has 0 aromatic heterocycles. The fourth-order valence-electron chi connectivity index (χ4n) is 1.30. The molecule has 1 aromatic rings. The highest BCUT2D eigenvalue weighted by Gasteiger charge is 2.10. The van der Waals surface area contributed by atoms with Crippen LogP contribution in [0.25, 0.3) is 0 Å². The molecule has 15 heavy (non-hydrogen) atoms. The molecule has 0 heterocycles. The third-order valence-corrected chi connectivity index (χ3v) is 2.17. The van der Waals surface area contributed by atoms with Crippen LogP contribution in [0.5, 0.6) is 0 Å². The van der Waals surface area contributed by atoms with E-state index in [1.165, 1.54) is 6.07 Å². The van der Waals surface area contributed by atoms with E-state index in [-0.39, 0.29) is 0 Å². The van der Waals surface area contributed by atoms with Gasteiger partial charge in [0.2, 0.25) is 0 Å². The number of aliphatic hydroxyl groups excluding tert-OH is 1. The van der Waals surface area contributed by atoms with Crippen molar-refractivity contribution in [1.29, 1.82) is 0 Å². The molecule has 0 spiro atoms. The first-order valence-electron chi connectivity index (χ1n) is 4.99. The van der Waals surface area contributed by atoms with Crippen LogP contribution in [0.4, 0.5) is 8.78 Å². The van der Waals surface area contributed by atoms with Gasteiger partial charge in [0, 0.05) is 0 Å². The average Bonchev–Trinajstić information content (AvgIpc) is 2.22. The van der Waals surface area contributed by atoms with Crippen molar-refractivity contribution in [3.8, 4) is 0 Å². The van der Waals surface area contributed by atoms with Gasteiger partial charge in [-0.1, -0.05) is 13.0 Å². The molecule has 1 aromatic carbocycles. The first-order valence-corrected chi connectivity index (χ1v) is 4.99. The highest BCUT2D eigenvalue weighted by Crippen LogP contribution is 2.18. The fraction of sp³-hybridized carbons (Fsp3) is 0.455. The van der Waals surface area contributed by atoms with Crippen molar-refractivity contribution in [3.63, 3.8) is 0 Å². The van der Waals surface area contributed by atoms with Crippen molar-refractivity contribution in [1.82, 2.24) is 5.32 Å². The summed E-state index contributed by atoms with van der Waals surface area (Å²) >= 11 is 0. The van der Waals surface area contributed by atoms with Crippen molar-refractivity contribution in [2.75, 3.05) is 13.1 Å². The lowest BCUT2D eigenvalue weighted by Gasteiger charge is -2.11. The van der Waals surface area contributed by atoms with Crippen molar-refractivity contribution >= 4 is 0 Å². The third kappa shape index (κ3) is 3.57. The number of aliphatic hydroxyl groups is 1. The van der Waals surface area contributed by atoms with Gasteiger partial charge in [0.1, 0.15) is 0 Å². The quantitative estimate of drug-likeness (QED) is 0.736. The van der Waals surface area contributed by atoms with Crippen LogP contribution in [0.3, 0.4) is 0 Å². The van der Waals surface area contributed by atoms with E-state index in [2.05, 4.69) is 5.32 Å².